The van der Waals surface area contributed by atoms with Crippen molar-refractivity contribution in [2.75, 3.05) is 13.2 Å². The van der Waals surface area contributed by atoms with Gasteiger partial charge in [-0.3, -0.25) is 4.79 Å². The van der Waals surface area contributed by atoms with Gasteiger partial charge in [0.25, 0.3) is 5.91 Å². The van der Waals surface area contributed by atoms with Crippen molar-refractivity contribution in [3.8, 4) is 0 Å². The molecule has 1 fully saturated rings. The first kappa shape index (κ1) is 12.0. The first-order chi connectivity index (χ1) is 8.13. The van der Waals surface area contributed by atoms with Gasteiger partial charge < -0.3 is 10.0 Å². The summed E-state index contributed by atoms with van der Waals surface area (Å²) in [7, 11) is 0. The largest absolute Gasteiger partial charge is 0.394 e. The monoisotopic (exact) mass is 238 g/mol. The van der Waals surface area contributed by atoms with E-state index in [1.165, 1.54) is 18.3 Å². The lowest BCUT2D eigenvalue weighted by Crippen LogP contribution is -2.39. The van der Waals surface area contributed by atoms with Gasteiger partial charge in [-0.05, 0) is 24.5 Å². The summed E-state index contributed by atoms with van der Waals surface area (Å²) in [5.74, 6) is -0.506. The smallest absolute Gasteiger partial charge is 0.255 e. The fraction of sp³-hybridized carbons (Fsp3) is 0.500. The number of aliphatic hydroxyl groups excluding tert-OH is 1. The van der Waals surface area contributed by atoms with Crippen molar-refractivity contribution in [1.82, 2.24) is 9.88 Å². The molecule has 1 amide bonds. The summed E-state index contributed by atoms with van der Waals surface area (Å²) in [6.07, 6.45) is 2.11. The summed E-state index contributed by atoms with van der Waals surface area (Å²) in [5, 5.41) is 9.28. The molecular formula is C12H15FN2O2. The van der Waals surface area contributed by atoms with E-state index in [9.17, 15) is 14.3 Å². The van der Waals surface area contributed by atoms with E-state index < -0.39 is 5.95 Å². The minimum Gasteiger partial charge on any atom is -0.394 e. The molecule has 1 aromatic heterocycles. The standard InChI is InChI=1S/C12H15FN2O2/c1-8-4-5-15(10(8)7-16)12(17)9-2-3-11(13)14-6-9/h2-3,6,8,10,16H,4-5,7H2,1H3. The fourth-order valence-corrected chi connectivity index (χ4v) is 2.21. The Morgan fingerprint density at radius 1 is 1.65 bits per heavy atom. The van der Waals surface area contributed by atoms with E-state index in [1.54, 1.807) is 4.90 Å². The lowest BCUT2D eigenvalue weighted by molar-refractivity contribution is 0.0647. The van der Waals surface area contributed by atoms with Crippen LogP contribution in [0.15, 0.2) is 18.3 Å². The molecule has 0 spiro atoms. The van der Waals surface area contributed by atoms with Crippen LogP contribution in [0.25, 0.3) is 0 Å². The average Bonchev–Trinajstić information content (AvgIpc) is 2.70. The van der Waals surface area contributed by atoms with Crippen molar-refractivity contribution >= 4 is 5.91 Å². The predicted octanol–water partition coefficient (Wildman–Crippen LogP) is 1.06. The molecule has 2 heterocycles. The van der Waals surface area contributed by atoms with Crippen molar-refractivity contribution in [3.05, 3.63) is 29.8 Å². The summed E-state index contributed by atoms with van der Waals surface area (Å²) in [5.41, 5.74) is 0.360. The molecule has 1 saturated heterocycles. The molecule has 0 saturated carbocycles. The van der Waals surface area contributed by atoms with Crippen LogP contribution in [-0.2, 0) is 0 Å². The second kappa shape index (κ2) is 4.79. The molecule has 2 unspecified atom stereocenters. The van der Waals surface area contributed by atoms with Crippen LogP contribution >= 0.6 is 0 Å². The highest BCUT2D eigenvalue weighted by molar-refractivity contribution is 5.94. The number of aromatic nitrogens is 1. The molecule has 1 aromatic rings. The van der Waals surface area contributed by atoms with Crippen LogP contribution in [0.2, 0.25) is 0 Å². The summed E-state index contributed by atoms with van der Waals surface area (Å²) in [6.45, 7) is 2.60. The second-order valence-electron chi connectivity index (χ2n) is 4.38. The topological polar surface area (TPSA) is 53.4 Å². The van der Waals surface area contributed by atoms with E-state index in [4.69, 9.17) is 0 Å². The Bertz CT molecular complexity index is 407. The van der Waals surface area contributed by atoms with Gasteiger partial charge in [-0.2, -0.15) is 4.39 Å². The van der Waals surface area contributed by atoms with Crippen LogP contribution in [0.3, 0.4) is 0 Å². The SMILES string of the molecule is CC1CCN(C(=O)c2ccc(F)nc2)C1CO. The number of pyridine rings is 1. The minimum atomic E-state index is -0.602. The highest BCUT2D eigenvalue weighted by Crippen LogP contribution is 2.25. The molecule has 17 heavy (non-hydrogen) atoms. The number of amides is 1. The zero-order valence-corrected chi connectivity index (χ0v) is 9.64. The zero-order chi connectivity index (χ0) is 12.4. The Morgan fingerprint density at radius 2 is 2.41 bits per heavy atom. The molecule has 1 aliphatic rings. The number of nitrogens with zero attached hydrogens (tertiary/aromatic N) is 2. The number of halogens is 1. The van der Waals surface area contributed by atoms with Gasteiger partial charge in [0.15, 0.2) is 0 Å². The van der Waals surface area contributed by atoms with Gasteiger partial charge in [0.1, 0.15) is 0 Å². The third-order valence-electron chi connectivity index (χ3n) is 3.30. The van der Waals surface area contributed by atoms with E-state index in [2.05, 4.69) is 4.98 Å². The quantitative estimate of drug-likeness (QED) is 0.784. The number of aliphatic hydroxyl groups is 1. The Morgan fingerprint density at radius 3 is 3.00 bits per heavy atom. The van der Waals surface area contributed by atoms with Gasteiger partial charge in [-0.15, -0.1) is 0 Å². The van der Waals surface area contributed by atoms with Gasteiger partial charge in [-0.1, -0.05) is 6.92 Å². The average molecular weight is 238 g/mol. The maximum absolute atomic E-state index is 12.7. The normalized spacial score (nSPS) is 24.1. The van der Waals surface area contributed by atoms with Gasteiger partial charge >= 0.3 is 0 Å². The van der Waals surface area contributed by atoms with Crippen LogP contribution in [0.4, 0.5) is 4.39 Å². The first-order valence-electron chi connectivity index (χ1n) is 5.67. The van der Waals surface area contributed by atoms with Gasteiger partial charge in [-0.25, -0.2) is 4.98 Å². The minimum absolute atomic E-state index is 0.0401. The molecule has 0 aliphatic carbocycles. The van der Waals surface area contributed by atoms with E-state index in [-0.39, 0.29) is 24.5 Å². The van der Waals surface area contributed by atoms with Gasteiger partial charge in [0.2, 0.25) is 5.95 Å². The Labute approximate surface area is 99.1 Å². The van der Waals surface area contributed by atoms with Crippen LogP contribution < -0.4 is 0 Å². The van der Waals surface area contributed by atoms with E-state index in [0.717, 1.165) is 6.42 Å². The molecular weight excluding hydrogens is 223 g/mol. The van der Waals surface area contributed by atoms with E-state index in [0.29, 0.717) is 12.1 Å². The first-order valence-corrected chi connectivity index (χ1v) is 5.67. The van der Waals surface area contributed by atoms with E-state index in [1.807, 2.05) is 6.92 Å². The zero-order valence-electron chi connectivity index (χ0n) is 9.64. The summed E-state index contributed by atoms with van der Waals surface area (Å²) < 4.78 is 12.7. The summed E-state index contributed by atoms with van der Waals surface area (Å²) in [6, 6.07) is 2.44. The maximum Gasteiger partial charge on any atom is 0.255 e. The fourth-order valence-electron chi connectivity index (χ4n) is 2.21. The Kier molecular flexibility index (Phi) is 3.38. The highest BCUT2D eigenvalue weighted by Gasteiger charge is 2.34. The van der Waals surface area contributed by atoms with Gasteiger partial charge in [0.05, 0.1) is 18.2 Å². The van der Waals surface area contributed by atoms with E-state index >= 15 is 0 Å². The van der Waals surface area contributed by atoms with Gasteiger partial charge in [0, 0.05) is 12.7 Å². The number of carbonyl (C=O) groups excluding carboxylic acids is 1. The highest BCUT2D eigenvalue weighted by atomic mass is 19.1. The number of likely N-dealkylation sites (tertiary alicyclic amines) is 1. The summed E-state index contributed by atoms with van der Waals surface area (Å²) in [4.78, 5) is 17.2. The van der Waals surface area contributed by atoms with Crippen molar-refractivity contribution in [3.63, 3.8) is 0 Å². The summed E-state index contributed by atoms with van der Waals surface area (Å²) >= 11 is 0. The van der Waals surface area contributed by atoms with Crippen LogP contribution in [-0.4, -0.2) is 40.1 Å². The number of carbonyl (C=O) groups is 1. The predicted molar refractivity (Wildman–Crippen MR) is 59.9 cm³/mol. The van der Waals surface area contributed by atoms with Crippen LogP contribution in [0.5, 0.6) is 0 Å². The molecule has 2 rings (SSSR count). The van der Waals surface area contributed by atoms with Crippen LogP contribution in [0, 0.1) is 11.9 Å². The molecule has 92 valence electrons. The number of hydrogen-bond donors (Lipinski definition) is 1. The lowest BCUT2D eigenvalue weighted by Gasteiger charge is -2.25. The van der Waals surface area contributed by atoms with Crippen molar-refractivity contribution in [2.24, 2.45) is 5.92 Å². The van der Waals surface area contributed by atoms with Crippen molar-refractivity contribution < 1.29 is 14.3 Å². The molecule has 0 radical (unpaired) electrons. The maximum atomic E-state index is 12.7. The Hall–Kier alpha value is -1.49. The third-order valence-corrected chi connectivity index (χ3v) is 3.30. The number of hydrogen-bond acceptors (Lipinski definition) is 3. The molecule has 0 bridgehead atoms. The molecule has 4 nitrogen and oxygen atoms in total. The molecule has 0 aromatic carbocycles. The molecule has 1 aliphatic heterocycles. The molecule has 2 atom stereocenters. The van der Waals surface area contributed by atoms with Crippen LogP contribution in [0.1, 0.15) is 23.7 Å². The number of rotatable bonds is 2. The third kappa shape index (κ3) is 2.29. The Balaban J connectivity index is 2.17. The molecule has 1 N–H and O–H groups in total. The lowest BCUT2D eigenvalue weighted by atomic mass is 10.0. The van der Waals surface area contributed by atoms with Crippen molar-refractivity contribution in [1.29, 1.82) is 0 Å². The second-order valence-corrected chi connectivity index (χ2v) is 4.38. The van der Waals surface area contributed by atoms with Crippen molar-refractivity contribution in [2.45, 2.75) is 19.4 Å². The molecule has 5 heteroatoms.